The van der Waals surface area contributed by atoms with Crippen molar-refractivity contribution in [3.05, 3.63) is 102 Å². The lowest BCUT2D eigenvalue weighted by atomic mass is 10.1. The monoisotopic (exact) mass is 513 g/mol. The average Bonchev–Trinajstić information content (AvgIpc) is 3.47. The van der Waals surface area contributed by atoms with Gasteiger partial charge < -0.3 is 19.1 Å². The van der Waals surface area contributed by atoms with E-state index >= 15 is 0 Å². The molecule has 1 aliphatic heterocycles. The van der Waals surface area contributed by atoms with Crippen molar-refractivity contribution < 1.29 is 18.4 Å². The van der Waals surface area contributed by atoms with Crippen LogP contribution in [-0.4, -0.2) is 64.5 Å². The molecule has 9 heteroatoms. The van der Waals surface area contributed by atoms with Crippen molar-refractivity contribution in [2.45, 2.75) is 13.5 Å². The van der Waals surface area contributed by atoms with E-state index in [0.717, 1.165) is 16.9 Å². The maximum Gasteiger partial charge on any atom is 0.254 e. The van der Waals surface area contributed by atoms with Crippen LogP contribution >= 0.6 is 0 Å². The highest BCUT2D eigenvalue weighted by Gasteiger charge is 2.26. The summed E-state index contributed by atoms with van der Waals surface area (Å²) in [5.41, 5.74) is 3.04. The number of nitrogens with zero attached hydrogens (tertiary/aromatic N) is 5. The van der Waals surface area contributed by atoms with Crippen LogP contribution in [0.1, 0.15) is 21.7 Å². The van der Waals surface area contributed by atoms with Gasteiger partial charge >= 0.3 is 0 Å². The second-order valence-corrected chi connectivity index (χ2v) is 9.26. The number of carbonyl (C=O) groups excluding carboxylic acids is 2. The van der Waals surface area contributed by atoms with E-state index in [1.54, 1.807) is 47.6 Å². The van der Waals surface area contributed by atoms with Gasteiger partial charge in [0.1, 0.15) is 18.1 Å². The molecule has 38 heavy (non-hydrogen) atoms. The summed E-state index contributed by atoms with van der Waals surface area (Å²) in [6.07, 6.45) is 1.56. The molecule has 5 rings (SSSR count). The molecule has 0 saturated carbocycles. The third-order valence-corrected chi connectivity index (χ3v) is 6.59. The van der Waals surface area contributed by atoms with Crippen molar-refractivity contribution in [2.24, 2.45) is 0 Å². The molecule has 2 amide bonds. The molecule has 4 aromatic rings. The van der Waals surface area contributed by atoms with E-state index < -0.39 is 0 Å². The Bertz CT molecular complexity index is 1370. The van der Waals surface area contributed by atoms with Crippen molar-refractivity contribution in [3.8, 4) is 11.3 Å². The van der Waals surface area contributed by atoms with Gasteiger partial charge in [0.15, 0.2) is 5.82 Å². The highest BCUT2D eigenvalue weighted by atomic mass is 19.1. The van der Waals surface area contributed by atoms with E-state index in [1.807, 2.05) is 31.2 Å². The molecule has 3 heterocycles. The van der Waals surface area contributed by atoms with Gasteiger partial charge in [-0.1, -0.05) is 17.7 Å². The molecule has 0 unspecified atom stereocenters. The number of hydrogen-bond donors (Lipinski definition) is 0. The van der Waals surface area contributed by atoms with Crippen molar-refractivity contribution in [1.29, 1.82) is 0 Å². The van der Waals surface area contributed by atoms with Crippen LogP contribution in [0, 0.1) is 12.7 Å². The Morgan fingerprint density at radius 2 is 1.66 bits per heavy atom. The Labute approximate surface area is 220 Å². The first kappa shape index (κ1) is 25.1. The number of anilines is 1. The fourth-order valence-corrected chi connectivity index (χ4v) is 4.39. The average molecular weight is 514 g/mol. The Hall–Kier alpha value is -4.53. The van der Waals surface area contributed by atoms with Gasteiger partial charge in [0.25, 0.3) is 5.91 Å². The Kier molecular flexibility index (Phi) is 7.44. The summed E-state index contributed by atoms with van der Waals surface area (Å²) in [6, 6.07) is 20.7. The molecular formula is C29H28FN5O3. The number of furan rings is 1. The predicted molar refractivity (Wildman–Crippen MR) is 141 cm³/mol. The van der Waals surface area contributed by atoms with Crippen molar-refractivity contribution in [1.82, 2.24) is 20.0 Å². The molecule has 194 valence electrons. The minimum atomic E-state index is -0.297. The molecular weight excluding hydrogens is 485 g/mol. The van der Waals surface area contributed by atoms with Crippen LogP contribution in [0.3, 0.4) is 0 Å². The van der Waals surface area contributed by atoms with Gasteiger partial charge in [0.05, 0.1) is 18.5 Å². The number of halogens is 1. The first-order chi connectivity index (χ1) is 18.5. The molecule has 0 aliphatic carbocycles. The lowest BCUT2D eigenvalue weighted by molar-refractivity contribution is -0.132. The Morgan fingerprint density at radius 3 is 2.29 bits per heavy atom. The quantitative estimate of drug-likeness (QED) is 0.369. The lowest BCUT2D eigenvalue weighted by Gasteiger charge is -2.36. The SMILES string of the molecule is Cc1ccc(C(=O)N(CC(=O)N2CCN(c3ccc(-c4ccc(F)cc4)nn3)CC2)Cc2ccco2)cc1. The molecule has 1 saturated heterocycles. The summed E-state index contributed by atoms with van der Waals surface area (Å²) in [5, 5.41) is 8.63. The highest BCUT2D eigenvalue weighted by Crippen LogP contribution is 2.20. The van der Waals surface area contributed by atoms with Crippen LogP contribution in [0.5, 0.6) is 0 Å². The molecule has 0 spiro atoms. The predicted octanol–water partition coefficient (Wildman–Crippen LogP) is 4.18. The van der Waals surface area contributed by atoms with Gasteiger partial charge in [-0.25, -0.2) is 4.39 Å². The van der Waals surface area contributed by atoms with E-state index in [-0.39, 0.29) is 30.7 Å². The number of carbonyl (C=O) groups is 2. The number of aryl methyl sites for hydroxylation is 1. The van der Waals surface area contributed by atoms with Crippen molar-refractivity contribution >= 4 is 17.6 Å². The topological polar surface area (TPSA) is 82.8 Å². The summed E-state index contributed by atoms with van der Waals surface area (Å²) >= 11 is 0. The van der Waals surface area contributed by atoms with E-state index in [4.69, 9.17) is 4.42 Å². The fourth-order valence-electron chi connectivity index (χ4n) is 4.39. The number of amides is 2. The van der Waals surface area contributed by atoms with Crippen molar-refractivity contribution in [3.63, 3.8) is 0 Å². The number of aromatic nitrogens is 2. The van der Waals surface area contributed by atoms with Crippen LogP contribution in [-0.2, 0) is 11.3 Å². The normalized spacial score (nSPS) is 13.4. The molecule has 1 aliphatic rings. The smallest absolute Gasteiger partial charge is 0.254 e. The summed E-state index contributed by atoms with van der Waals surface area (Å²) in [7, 11) is 0. The second kappa shape index (κ2) is 11.2. The number of benzene rings is 2. The zero-order valence-corrected chi connectivity index (χ0v) is 21.1. The van der Waals surface area contributed by atoms with Crippen LogP contribution < -0.4 is 4.90 Å². The summed E-state index contributed by atoms with van der Waals surface area (Å²) in [4.78, 5) is 31.9. The third-order valence-electron chi connectivity index (χ3n) is 6.59. The summed E-state index contributed by atoms with van der Waals surface area (Å²) in [6.45, 7) is 4.34. The Balaban J connectivity index is 1.20. The van der Waals surface area contributed by atoms with E-state index in [1.165, 1.54) is 17.0 Å². The van der Waals surface area contributed by atoms with Gasteiger partial charge in [-0.15, -0.1) is 10.2 Å². The van der Waals surface area contributed by atoms with Gasteiger partial charge in [0.2, 0.25) is 5.91 Å². The number of piperazine rings is 1. The van der Waals surface area contributed by atoms with Gasteiger partial charge in [-0.05, 0) is 67.6 Å². The molecule has 1 fully saturated rings. The minimum Gasteiger partial charge on any atom is -0.467 e. The van der Waals surface area contributed by atoms with Crippen LogP contribution in [0.2, 0.25) is 0 Å². The zero-order chi connectivity index (χ0) is 26.5. The molecule has 0 atom stereocenters. The summed E-state index contributed by atoms with van der Waals surface area (Å²) < 4.78 is 18.6. The lowest BCUT2D eigenvalue weighted by Crippen LogP contribution is -2.52. The van der Waals surface area contributed by atoms with E-state index in [0.29, 0.717) is 43.2 Å². The first-order valence-electron chi connectivity index (χ1n) is 12.5. The third kappa shape index (κ3) is 5.88. The minimum absolute atomic E-state index is 0.0421. The first-order valence-corrected chi connectivity index (χ1v) is 12.5. The molecule has 2 aromatic carbocycles. The largest absolute Gasteiger partial charge is 0.467 e. The molecule has 0 N–H and O–H groups in total. The summed E-state index contributed by atoms with van der Waals surface area (Å²) in [5.74, 6) is 0.705. The second-order valence-electron chi connectivity index (χ2n) is 9.26. The maximum atomic E-state index is 13.3. The standard InChI is InChI=1S/C29H28FN5O3/c1-21-4-6-23(7-5-21)29(37)35(19-25-3-2-18-38-25)20-28(36)34-16-14-33(15-17-34)27-13-12-26(31-32-27)22-8-10-24(30)11-9-22/h2-13,18H,14-17,19-20H2,1H3. The van der Waals surface area contributed by atoms with E-state index in [9.17, 15) is 14.0 Å². The van der Waals surface area contributed by atoms with Crippen LogP contribution in [0.4, 0.5) is 10.2 Å². The molecule has 0 bridgehead atoms. The van der Waals surface area contributed by atoms with Gasteiger partial charge in [0, 0.05) is 37.3 Å². The number of rotatable bonds is 7. The van der Waals surface area contributed by atoms with Gasteiger partial charge in [-0.3, -0.25) is 9.59 Å². The van der Waals surface area contributed by atoms with Crippen molar-refractivity contribution in [2.75, 3.05) is 37.6 Å². The molecule has 8 nitrogen and oxygen atoms in total. The highest BCUT2D eigenvalue weighted by molar-refractivity contribution is 5.96. The van der Waals surface area contributed by atoms with E-state index in [2.05, 4.69) is 15.1 Å². The van der Waals surface area contributed by atoms with Gasteiger partial charge in [-0.2, -0.15) is 0 Å². The zero-order valence-electron chi connectivity index (χ0n) is 21.1. The molecule has 0 radical (unpaired) electrons. The fraction of sp³-hybridized carbons (Fsp3) is 0.241. The Morgan fingerprint density at radius 1 is 0.921 bits per heavy atom. The number of hydrogen-bond acceptors (Lipinski definition) is 6. The molecule has 2 aromatic heterocycles. The van der Waals surface area contributed by atoms with Crippen LogP contribution in [0.25, 0.3) is 11.3 Å². The van der Waals surface area contributed by atoms with Crippen LogP contribution in [0.15, 0.2) is 83.5 Å². The maximum absolute atomic E-state index is 13.3.